The van der Waals surface area contributed by atoms with E-state index in [0.29, 0.717) is 24.5 Å². The Labute approximate surface area is 124 Å². The van der Waals surface area contributed by atoms with E-state index in [-0.39, 0.29) is 6.09 Å². The molecule has 1 aliphatic rings. The summed E-state index contributed by atoms with van der Waals surface area (Å²) in [7, 11) is 0. The Morgan fingerprint density at radius 3 is 2.40 bits per heavy atom. The zero-order valence-electron chi connectivity index (χ0n) is 13.8. The zero-order chi connectivity index (χ0) is 15.2. The maximum absolute atomic E-state index is 11.8. The van der Waals surface area contributed by atoms with Crippen molar-refractivity contribution in [2.75, 3.05) is 6.54 Å². The van der Waals surface area contributed by atoms with E-state index < -0.39 is 5.60 Å². The molecule has 4 nitrogen and oxygen atoms in total. The third-order valence-corrected chi connectivity index (χ3v) is 3.95. The van der Waals surface area contributed by atoms with Crippen molar-refractivity contribution in [3.63, 3.8) is 0 Å². The summed E-state index contributed by atoms with van der Waals surface area (Å²) >= 11 is 0. The lowest BCUT2D eigenvalue weighted by atomic mass is 9.97. The Morgan fingerprint density at radius 1 is 1.30 bits per heavy atom. The van der Waals surface area contributed by atoms with Crippen molar-refractivity contribution in [3.05, 3.63) is 0 Å². The highest BCUT2D eigenvalue weighted by molar-refractivity contribution is 5.67. The summed E-state index contributed by atoms with van der Waals surface area (Å²) in [6.45, 7) is 10.7. The molecule has 4 heteroatoms. The fourth-order valence-corrected chi connectivity index (χ4v) is 2.71. The highest BCUT2D eigenvalue weighted by Crippen LogP contribution is 2.28. The zero-order valence-corrected chi connectivity index (χ0v) is 13.8. The van der Waals surface area contributed by atoms with Gasteiger partial charge in [-0.05, 0) is 52.9 Å². The number of nitrogens with one attached hydrogen (secondary N) is 2. The lowest BCUT2D eigenvalue weighted by Gasteiger charge is -2.29. The summed E-state index contributed by atoms with van der Waals surface area (Å²) in [6.07, 6.45) is 5.96. The van der Waals surface area contributed by atoms with E-state index >= 15 is 0 Å². The molecular formula is C16H32N2O2. The molecule has 2 N–H and O–H groups in total. The van der Waals surface area contributed by atoms with Crippen molar-refractivity contribution in [1.29, 1.82) is 0 Å². The third-order valence-electron chi connectivity index (χ3n) is 3.95. The van der Waals surface area contributed by atoms with Gasteiger partial charge in [0.05, 0.1) is 0 Å². The van der Waals surface area contributed by atoms with E-state index in [9.17, 15) is 4.79 Å². The number of rotatable bonds is 6. The summed E-state index contributed by atoms with van der Waals surface area (Å²) in [5, 5.41) is 6.58. The van der Waals surface area contributed by atoms with Gasteiger partial charge in [0.15, 0.2) is 0 Å². The van der Waals surface area contributed by atoms with Gasteiger partial charge in [-0.3, -0.25) is 0 Å². The fourth-order valence-electron chi connectivity index (χ4n) is 2.71. The van der Waals surface area contributed by atoms with E-state index in [1.807, 2.05) is 20.8 Å². The second-order valence-corrected chi connectivity index (χ2v) is 7.01. The molecule has 2 atom stereocenters. The fraction of sp³-hybridized carbons (Fsp3) is 0.938. The quantitative estimate of drug-likeness (QED) is 0.785. The first-order valence-electron chi connectivity index (χ1n) is 8.04. The van der Waals surface area contributed by atoms with Crippen LogP contribution in [0.4, 0.5) is 4.79 Å². The monoisotopic (exact) mass is 284 g/mol. The van der Waals surface area contributed by atoms with Gasteiger partial charge in [-0.15, -0.1) is 0 Å². The first-order valence-corrected chi connectivity index (χ1v) is 8.04. The van der Waals surface area contributed by atoms with E-state index in [4.69, 9.17) is 4.74 Å². The van der Waals surface area contributed by atoms with Crippen LogP contribution in [0.15, 0.2) is 0 Å². The van der Waals surface area contributed by atoms with Gasteiger partial charge in [0.2, 0.25) is 0 Å². The van der Waals surface area contributed by atoms with Crippen LogP contribution in [0.2, 0.25) is 0 Å². The van der Waals surface area contributed by atoms with Crippen molar-refractivity contribution in [2.45, 2.75) is 84.4 Å². The largest absolute Gasteiger partial charge is 0.444 e. The van der Waals surface area contributed by atoms with Crippen molar-refractivity contribution < 1.29 is 9.53 Å². The van der Waals surface area contributed by atoms with Gasteiger partial charge in [0.1, 0.15) is 5.60 Å². The predicted octanol–water partition coefficient (Wildman–Crippen LogP) is 3.46. The van der Waals surface area contributed by atoms with Crippen LogP contribution in [0.3, 0.4) is 0 Å². The summed E-state index contributed by atoms with van der Waals surface area (Å²) < 4.78 is 5.30. The molecule has 1 saturated carbocycles. The molecule has 0 saturated heterocycles. The molecule has 20 heavy (non-hydrogen) atoms. The van der Waals surface area contributed by atoms with Crippen LogP contribution in [0, 0.1) is 5.92 Å². The number of alkyl carbamates (subject to hydrolysis) is 1. The third kappa shape index (κ3) is 6.60. The Bertz CT molecular complexity index is 293. The van der Waals surface area contributed by atoms with Crippen LogP contribution in [-0.4, -0.2) is 30.3 Å². The summed E-state index contributed by atoms with van der Waals surface area (Å²) in [6, 6.07) is 0.848. The van der Waals surface area contributed by atoms with Gasteiger partial charge in [-0.2, -0.15) is 0 Å². The van der Waals surface area contributed by atoms with Gasteiger partial charge in [0.25, 0.3) is 0 Å². The second-order valence-electron chi connectivity index (χ2n) is 7.01. The van der Waals surface area contributed by atoms with Crippen molar-refractivity contribution in [3.8, 4) is 0 Å². The first-order chi connectivity index (χ1) is 9.31. The van der Waals surface area contributed by atoms with Gasteiger partial charge in [-0.25, -0.2) is 4.79 Å². The Kier molecular flexibility index (Phi) is 6.80. The number of hydrogen-bond donors (Lipinski definition) is 2. The molecule has 1 rings (SSSR count). The highest BCUT2D eigenvalue weighted by Gasteiger charge is 2.26. The summed E-state index contributed by atoms with van der Waals surface area (Å²) in [5.41, 5.74) is -0.433. The SMILES string of the molecule is CCC(C)NC(CNC(=O)OC(C)(C)C)C1CCCC1. The molecule has 0 radical (unpaired) electrons. The van der Waals surface area contributed by atoms with Gasteiger partial charge < -0.3 is 15.4 Å². The number of ether oxygens (including phenoxy) is 1. The summed E-state index contributed by atoms with van der Waals surface area (Å²) in [5.74, 6) is 0.680. The molecule has 0 heterocycles. The van der Waals surface area contributed by atoms with Crippen LogP contribution >= 0.6 is 0 Å². The van der Waals surface area contributed by atoms with Crippen LogP contribution in [0.25, 0.3) is 0 Å². The van der Waals surface area contributed by atoms with E-state index in [2.05, 4.69) is 24.5 Å². The minimum absolute atomic E-state index is 0.313. The average molecular weight is 284 g/mol. The Morgan fingerprint density at radius 2 is 1.90 bits per heavy atom. The van der Waals surface area contributed by atoms with Crippen LogP contribution < -0.4 is 10.6 Å². The standard InChI is InChI=1S/C16H32N2O2/c1-6-12(2)18-14(13-9-7-8-10-13)11-17-15(19)20-16(3,4)5/h12-14,18H,6-11H2,1-5H3,(H,17,19). The topological polar surface area (TPSA) is 50.4 Å². The van der Waals surface area contributed by atoms with Gasteiger partial charge in [0, 0.05) is 18.6 Å². The van der Waals surface area contributed by atoms with Gasteiger partial charge in [-0.1, -0.05) is 19.8 Å². The maximum Gasteiger partial charge on any atom is 0.407 e. The average Bonchev–Trinajstić information content (AvgIpc) is 2.85. The van der Waals surface area contributed by atoms with Crippen LogP contribution in [-0.2, 0) is 4.74 Å². The second kappa shape index (κ2) is 7.87. The summed E-state index contributed by atoms with van der Waals surface area (Å²) in [4.78, 5) is 11.8. The molecule has 0 aliphatic heterocycles. The first kappa shape index (κ1) is 17.3. The number of carbonyl (C=O) groups excluding carboxylic acids is 1. The molecular weight excluding hydrogens is 252 g/mol. The van der Waals surface area contributed by atoms with Crippen molar-refractivity contribution in [2.24, 2.45) is 5.92 Å². The maximum atomic E-state index is 11.8. The molecule has 118 valence electrons. The van der Waals surface area contributed by atoms with Gasteiger partial charge >= 0.3 is 6.09 Å². The molecule has 0 aromatic heterocycles. The van der Waals surface area contributed by atoms with Crippen LogP contribution in [0.5, 0.6) is 0 Å². The van der Waals surface area contributed by atoms with Crippen LogP contribution in [0.1, 0.15) is 66.7 Å². The number of carbonyl (C=O) groups is 1. The van der Waals surface area contributed by atoms with E-state index in [1.54, 1.807) is 0 Å². The minimum atomic E-state index is -0.433. The Hall–Kier alpha value is -0.770. The van der Waals surface area contributed by atoms with Crippen molar-refractivity contribution in [1.82, 2.24) is 10.6 Å². The molecule has 1 fully saturated rings. The van der Waals surface area contributed by atoms with E-state index in [1.165, 1.54) is 25.7 Å². The molecule has 2 unspecified atom stereocenters. The molecule has 0 spiro atoms. The number of amides is 1. The lowest BCUT2D eigenvalue weighted by Crippen LogP contribution is -2.48. The Balaban J connectivity index is 2.45. The molecule has 1 aliphatic carbocycles. The molecule has 1 amide bonds. The van der Waals surface area contributed by atoms with E-state index in [0.717, 1.165) is 6.42 Å². The molecule has 0 aromatic rings. The predicted molar refractivity (Wildman–Crippen MR) is 82.9 cm³/mol. The normalized spacial score (nSPS) is 19.6. The highest BCUT2D eigenvalue weighted by atomic mass is 16.6. The molecule has 0 bridgehead atoms. The molecule has 0 aromatic carbocycles. The lowest BCUT2D eigenvalue weighted by molar-refractivity contribution is 0.0517. The van der Waals surface area contributed by atoms with Crippen molar-refractivity contribution >= 4 is 6.09 Å². The smallest absolute Gasteiger partial charge is 0.407 e. The minimum Gasteiger partial charge on any atom is -0.444 e. The number of hydrogen-bond acceptors (Lipinski definition) is 3.